The number of carbonyl (C=O) groups is 1. The molecule has 0 unspecified atom stereocenters. The number of ether oxygens (including phenoxy) is 1. The first-order valence-electron chi connectivity index (χ1n) is 5.60. The molecule has 106 valence electrons. The van der Waals surface area contributed by atoms with Gasteiger partial charge in [-0.15, -0.1) is 0 Å². The normalized spacial score (nSPS) is 11.8. The van der Waals surface area contributed by atoms with Gasteiger partial charge in [-0.3, -0.25) is 0 Å². The summed E-state index contributed by atoms with van der Waals surface area (Å²) in [7, 11) is -0.793. The summed E-state index contributed by atoms with van der Waals surface area (Å²) >= 11 is 0. The Balaban J connectivity index is 3.20. The second-order valence-electron chi connectivity index (χ2n) is 4.10. The Hall–Kier alpha value is -1.44. The molecule has 0 bridgehead atoms. The van der Waals surface area contributed by atoms with Crippen LogP contribution in [-0.2, 0) is 14.8 Å². The fourth-order valence-electron chi connectivity index (χ4n) is 1.52. The van der Waals surface area contributed by atoms with Gasteiger partial charge in [-0.1, -0.05) is 6.07 Å². The van der Waals surface area contributed by atoms with Crippen molar-refractivity contribution in [2.75, 3.05) is 27.3 Å². The maximum absolute atomic E-state index is 12.3. The third-order valence-electron chi connectivity index (χ3n) is 2.73. The number of hydrogen-bond donors (Lipinski definition) is 1. The summed E-state index contributed by atoms with van der Waals surface area (Å²) in [6.45, 7) is 2.10. The minimum atomic E-state index is -3.71. The quantitative estimate of drug-likeness (QED) is 0.842. The van der Waals surface area contributed by atoms with Gasteiger partial charge in [-0.05, 0) is 24.6 Å². The number of nitrogens with zero attached hydrogens (tertiary/aromatic N) is 1. The molecular weight excluding hydrogens is 270 g/mol. The molecule has 0 saturated carbocycles. The van der Waals surface area contributed by atoms with E-state index in [1.165, 1.54) is 32.4 Å². The van der Waals surface area contributed by atoms with Gasteiger partial charge < -0.3 is 9.84 Å². The number of hydrogen-bond acceptors (Lipinski definition) is 4. The van der Waals surface area contributed by atoms with Gasteiger partial charge in [0, 0.05) is 20.7 Å². The molecule has 1 aromatic rings. The molecule has 0 amide bonds. The molecular formula is C12H17NO5S. The first-order chi connectivity index (χ1) is 8.80. The van der Waals surface area contributed by atoms with Crippen LogP contribution in [0.5, 0.6) is 0 Å². The van der Waals surface area contributed by atoms with Gasteiger partial charge in [0.05, 0.1) is 17.1 Å². The average Bonchev–Trinajstić information content (AvgIpc) is 2.35. The predicted molar refractivity (Wildman–Crippen MR) is 69.8 cm³/mol. The smallest absolute Gasteiger partial charge is 0.335 e. The lowest BCUT2D eigenvalue weighted by Gasteiger charge is -2.18. The monoisotopic (exact) mass is 287 g/mol. The van der Waals surface area contributed by atoms with E-state index in [0.717, 1.165) is 4.31 Å². The molecule has 0 fully saturated rings. The third kappa shape index (κ3) is 3.52. The number of carboxylic acid groups (broad SMARTS) is 1. The molecule has 0 atom stereocenters. The van der Waals surface area contributed by atoms with Crippen molar-refractivity contribution in [1.82, 2.24) is 4.31 Å². The van der Waals surface area contributed by atoms with E-state index < -0.39 is 16.0 Å². The van der Waals surface area contributed by atoms with Gasteiger partial charge in [-0.25, -0.2) is 13.2 Å². The zero-order valence-electron chi connectivity index (χ0n) is 11.1. The van der Waals surface area contributed by atoms with Crippen LogP contribution < -0.4 is 0 Å². The second-order valence-corrected chi connectivity index (χ2v) is 6.12. The Morgan fingerprint density at radius 3 is 2.58 bits per heavy atom. The Morgan fingerprint density at radius 1 is 1.42 bits per heavy atom. The summed E-state index contributed by atoms with van der Waals surface area (Å²) in [5, 5.41) is 8.92. The van der Waals surface area contributed by atoms with Crippen LogP contribution in [0.25, 0.3) is 0 Å². The van der Waals surface area contributed by atoms with Crippen LogP contribution in [0.2, 0.25) is 0 Å². The number of rotatable bonds is 6. The van der Waals surface area contributed by atoms with Gasteiger partial charge in [0.1, 0.15) is 0 Å². The first-order valence-corrected chi connectivity index (χ1v) is 7.04. The molecule has 7 heteroatoms. The van der Waals surface area contributed by atoms with Gasteiger partial charge in [0.25, 0.3) is 0 Å². The minimum absolute atomic E-state index is 0.00556. The Morgan fingerprint density at radius 2 is 2.05 bits per heavy atom. The molecule has 0 aliphatic rings. The van der Waals surface area contributed by atoms with Gasteiger partial charge in [-0.2, -0.15) is 4.31 Å². The van der Waals surface area contributed by atoms with Gasteiger partial charge >= 0.3 is 5.97 Å². The fraction of sp³-hybridized carbons (Fsp3) is 0.417. The SMILES string of the molecule is COCCN(C)S(=O)(=O)c1cc(C(=O)O)ccc1C. The lowest BCUT2D eigenvalue weighted by atomic mass is 10.1. The average molecular weight is 287 g/mol. The molecule has 0 saturated heterocycles. The second kappa shape index (κ2) is 6.14. The van der Waals surface area contributed by atoms with Crippen molar-refractivity contribution in [2.45, 2.75) is 11.8 Å². The molecule has 0 aliphatic carbocycles. The Labute approximate surface area is 112 Å². The van der Waals surface area contributed by atoms with Crippen LogP contribution in [0.1, 0.15) is 15.9 Å². The molecule has 1 aromatic carbocycles. The molecule has 0 radical (unpaired) electrons. The molecule has 19 heavy (non-hydrogen) atoms. The lowest BCUT2D eigenvalue weighted by Crippen LogP contribution is -2.30. The Bertz CT molecular complexity index is 567. The topological polar surface area (TPSA) is 83.9 Å². The zero-order chi connectivity index (χ0) is 14.6. The number of carboxylic acids is 1. The lowest BCUT2D eigenvalue weighted by molar-refractivity contribution is 0.0696. The van der Waals surface area contributed by atoms with E-state index in [9.17, 15) is 13.2 Å². The highest BCUT2D eigenvalue weighted by molar-refractivity contribution is 7.89. The number of benzene rings is 1. The maximum Gasteiger partial charge on any atom is 0.335 e. The van der Waals surface area contributed by atoms with Crippen LogP contribution in [0.15, 0.2) is 23.1 Å². The van der Waals surface area contributed by atoms with E-state index in [-0.39, 0.29) is 23.6 Å². The molecule has 0 aromatic heterocycles. The highest BCUT2D eigenvalue weighted by Gasteiger charge is 2.23. The molecule has 0 heterocycles. The molecule has 0 spiro atoms. The highest BCUT2D eigenvalue weighted by Crippen LogP contribution is 2.20. The predicted octanol–water partition coefficient (Wildman–Crippen LogP) is 0.960. The van der Waals surface area contributed by atoms with Crippen molar-refractivity contribution in [3.8, 4) is 0 Å². The van der Waals surface area contributed by atoms with E-state index >= 15 is 0 Å². The number of methoxy groups -OCH3 is 1. The summed E-state index contributed by atoms with van der Waals surface area (Å²) < 4.78 is 30.6. The number of sulfonamides is 1. The number of likely N-dealkylation sites (N-methyl/N-ethyl adjacent to an activating group) is 1. The summed E-state index contributed by atoms with van der Waals surface area (Å²) in [5.74, 6) is -1.16. The van der Waals surface area contributed by atoms with Crippen LogP contribution >= 0.6 is 0 Å². The van der Waals surface area contributed by atoms with Crippen LogP contribution in [-0.4, -0.2) is 51.1 Å². The van der Waals surface area contributed by atoms with Gasteiger partial charge in [0.15, 0.2) is 0 Å². The third-order valence-corrected chi connectivity index (χ3v) is 4.73. The number of aryl methyl sites for hydroxylation is 1. The van der Waals surface area contributed by atoms with Crippen molar-refractivity contribution in [3.05, 3.63) is 29.3 Å². The van der Waals surface area contributed by atoms with E-state index in [4.69, 9.17) is 9.84 Å². The van der Waals surface area contributed by atoms with Crippen molar-refractivity contribution >= 4 is 16.0 Å². The largest absolute Gasteiger partial charge is 0.478 e. The van der Waals surface area contributed by atoms with Crippen LogP contribution in [0, 0.1) is 6.92 Å². The highest BCUT2D eigenvalue weighted by atomic mass is 32.2. The number of aromatic carboxylic acids is 1. The molecule has 1 rings (SSSR count). The summed E-state index contributed by atoms with van der Waals surface area (Å²) in [6.07, 6.45) is 0. The molecule has 6 nitrogen and oxygen atoms in total. The summed E-state index contributed by atoms with van der Waals surface area (Å²) in [4.78, 5) is 10.9. The van der Waals surface area contributed by atoms with Crippen molar-refractivity contribution in [1.29, 1.82) is 0 Å². The molecule has 0 aliphatic heterocycles. The maximum atomic E-state index is 12.3. The fourth-order valence-corrected chi connectivity index (χ4v) is 2.92. The standard InChI is InChI=1S/C12H17NO5S/c1-9-4-5-10(12(14)15)8-11(9)19(16,17)13(2)6-7-18-3/h4-5,8H,6-7H2,1-3H3,(H,14,15). The van der Waals surface area contributed by atoms with E-state index in [1.54, 1.807) is 6.92 Å². The summed E-state index contributed by atoms with van der Waals surface area (Å²) in [6, 6.07) is 4.04. The van der Waals surface area contributed by atoms with Crippen LogP contribution in [0.3, 0.4) is 0 Å². The first kappa shape index (κ1) is 15.6. The van der Waals surface area contributed by atoms with Crippen molar-refractivity contribution in [3.63, 3.8) is 0 Å². The van der Waals surface area contributed by atoms with Crippen LogP contribution in [0.4, 0.5) is 0 Å². The van der Waals surface area contributed by atoms with E-state index in [2.05, 4.69) is 0 Å². The molecule has 1 N–H and O–H groups in total. The van der Waals surface area contributed by atoms with E-state index in [0.29, 0.717) is 5.56 Å². The zero-order valence-corrected chi connectivity index (χ0v) is 11.9. The van der Waals surface area contributed by atoms with Gasteiger partial charge in [0.2, 0.25) is 10.0 Å². The minimum Gasteiger partial charge on any atom is -0.478 e. The summed E-state index contributed by atoms with van der Waals surface area (Å²) in [5.41, 5.74) is 0.457. The van der Waals surface area contributed by atoms with Crippen molar-refractivity contribution in [2.24, 2.45) is 0 Å². The van der Waals surface area contributed by atoms with E-state index in [1.807, 2.05) is 0 Å². The van der Waals surface area contributed by atoms with Crippen molar-refractivity contribution < 1.29 is 23.1 Å². The Kier molecular flexibility index (Phi) is 5.04.